The molecule has 28 heavy (non-hydrogen) atoms. The zero-order chi connectivity index (χ0) is 19.7. The van der Waals surface area contributed by atoms with Crippen molar-refractivity contribution in [2.75, 3.05) is 26.2 Å². The summed E-state index contributed by atoms with van der Waals surface area (Å²) >= 11 is 0. The molecule has 0 aliphatic carbocycles. The molecule has 148 valence electrons. The summed E-state index contributed by atoms with van der Waals surface area (Å²) in [4.78, 5) is 54.3. The number of carbonyl (C=O) groups excluding carboxylic acids is 4. The highest BCUT2D eigenvalue weighted by molar-refractivity contribution is 6.05. The number of benzene rings is 1. The number of imide groups is 1. The molecule has 3 aliphatic heterocycles. The first kappa shape index (κ1) is 18.5. The van der Waals surface area contributed by atoms with Crippen molar-refractivity contribution < 1.29 is 19.2 Å². The van der Waals surface area contributed by atoms with Gasteiger partial charge in [0.15, 0.2) is 0 Å². The molecule has 8 heteroatoms. The second kappa shape index (κ2) is 7.26. The highest BCUT2D eigenvalue weighted by atomic mass is 16.2. The van der Waals surface area contributed by atoms with Crippen molar-refractivity contribution in [2.45, 2.75) is 37.8 Å². The molecule has 1 aromatic carbocycles. The summed E-state index contributed by atoms with van der Waals surface area (Å²) in [7, 11) is 0. The maximum Gasteiger partial charge on any atom is 0.325 e. The molecule has 0 radical (unpaired) electrons. The zero-order valence-corrected chi connectivity index (χ0v) is 15.7. The minimum atomic E-state index is -0.844. The van der Waals surface area contributed by atoms with Crippen LogP contribution in [0.2, 0.25) is 0 Å². The van der Waals surface area contributed by atoms with Crippen molar-refractivity contribution in [3.8, 4) is 0 Å². The van der Waals surface area contributed by atoms with Gasteiger partial charge in [-0.2, -0.15) is 0 Å². The van der Waals surface area contributed by atoms with E-state index in [0.29, 0.717) is 32.5 Å². The third kappa shape index (κ3) is 3.12. The van der Waals surface area contributed by atoms with Crippen LogP contribution in [0.5, 0.6) is 0 Å². The van der Waals surface area contributed by atoms with Gasteiger partial charge in [-0.1, -0.05) is 30.3 Å². The Morgan fingerprint density at radius 3 is 2.43 bits per heavy atom. The number of urea groups is 1. The van der Waals surface area contributed by atoms with Gasteiger partial charge in [-0.25, -0.2) is 4.79 Å². The molecular formula is C20H24N4O4. The molecule has 0 aromatic heterocycles. The van der Waals surface area contributed by atoms with Crippen LogP contribution < -0.4 is 5.32 Å². The topological polar surface area (TPSA) is 90.0 Å². The molecule has 3 fully saturated rings. The lowest BCUT2D eigenvalue weighted by Crippen LogP contribution is -2.62. The Balaban J connectivity index is 1.51. The molecule has 5 amide bonds. The first-order valence-electron chi connectivity index (χ1n) is 9.73. The van der Waals surface area contributed by atoms with Gasteiger partial charge in [-0.15, -0.1) is 0 Å². The number of hydrogen-bond donors (Lipinski definition) is 1. The third-order valence-electron chi connectivity index (χ3n) is 5.94. The van der Waals surface area contributed by atoms with E-state index < -0.39 is 17.5 Å². The van der Waals surface area contributed by atoms with Crippen LogP contribution in [-0.4, -0.2) is 70.2 Å². The van der Waals surface area contributed by atoms with Crippen LogP contribution in [0.25, 0.3) is 0 Å². The minimum absolute atomic E-state index is 0.0225. The highest BCUT2D eigenvalue weighted by Crippen LogP contribution is 2.38. The molecule has 1 spiro atoms. The van der Waals surface area contributed by atoms with Crippen LogP contribution in [0.1, 0.15) is 31.2 Å². The Kier molecular flexibility index (Phi) is 4.78. The third-order valence-corrected chi connectivity index (χ3v) is 5.94. The van der Waals surface area contributed by atoms with E-state index in [1.54, 1.807) is 4.90 Å². The summed E-state index contributed by atoms with van der Waals surface area (Å²) in [5, 5.41) is 2.42. The van der Waals surface area contributed by atoms with Gasteiger partial charge in [-0.05, 0) is 31.2 Å². The Labute approximate surface area is 163 Å². The van der Waals surface area contributed by atoms with Gasteiger partial charge in [0.1, 0.15) is 12.1 Å². The second-order valence-electron chi connectivity index (χ2n) is 7.63. The number of amides is 5. The summed E-state index contributed by atoms with van der Waals surface area (Å²) in [6, 6.07) is 9.27. The maximum absolute atomic E-state index is 13.4. The Morgan fingerprint density at radius 1 is 1.04 bits per heavy atom. The number of rotatable bonds is 4. The minimum Gasteiger partial charge on any atom is -0.336 e. The summed E-state index contributed by atoms with van der Waals surface area (Å²) in [5.41, 5.74) is 0.215. The number of nitrogens with one attached hydrogen (secondary N) is 1. The number of piperidine rings is 1. The van der Waals surface area contributed by atoms with Crippen LogP contribution in [0.4, 0.5) is 4.79 Å². The van der Waals surface area contributed by atoms with Crippen molar-refractivity contribution >= 4 is 23.8 Å². The summed E-state index contributed by atoms with van der Waals surface area (Å²) in [6.07, 6.45) is 2.83. The second-order valence-corrected chi connectivity index (χ2v) is 7.63. The van der Waals surface area contributed by atoms with Crippen LogP contribution in [0.3, 0.4) is 0 Å². The first-order valence-corrected chi connectivity index (χ1v) is 9.73. The molecule has 0 saturated carbocycles. The largest absolute Gasteiger partial charge is 0.336 e. The molecule has 3 aliphatic rings. The predicted molar refractivity (Wildman–Crippen MR) is 99.9 cm³/mol. The molecule has 4 rings (SSSR count). The molecule has 1 aromatic rings. The highest BCUT2D eigenvalue weighted by Gasteiger charge is 2.53. The van der Waals surface area contributed by atoms with E-state index in [4.69, 9.17) is 0 Å². The maximum atomic E-state index is 13.4. The summed E-state index contributed by atoms with van der Waals surface area (Å²) in [6.45, 7) is 1.29. The van der Waals surface area contributed by atoms with E-state index in [9.17, 15) is 19.2 Å². The lowest BCUT2D eigenvalue weighted by molar-refractivity contribution is -0.156. The van der Waals surface area contributed by atoms with E-state index >= 15 is 0 Å². The molecular weight excluding hydrogens is 360 g/mol. The Morgan fingerprint density at radius 2 is 1.75 bits per heavy atom. The Hall–Kier alpha value is -2.90. The summed E-state index contributed by atoms with van der Waals surface area (Å²) < 4.78 is 0. The van der Waals surface area contributed by atoms with Crippen molar-refractivity contribution in [1.29, 1.82) is 0 Å². The molecule has 3 saturated heterocycles. The van der Waals surface area contributed by atoms with Crippen LogP contribution in [0, 0.1) is 0 Å². The predicted octanol–water partition coefficient (Wildman–Crippen LogP) is 0.722. The van der Waals surface area contributed by atoms with Crippen molar-refractivity contribution in [3.63, 3.8) is 0 Å². The van der Waals surface area contributed by atoms with Gasteiger partial charge in [0.25, 0.3) is 5.91 Å². The van der Waals surface area contributed by atoms with Crippen molar-refractivity contribution in [2.24, 2.45) is 0 Å². The first-order chi connectivity index (χ1) is 13.5. The lowest BCUT2D eigenvalue weighted by Gasteiger charge is -2.44. The number of likely N-dealkylation sites (tertiary alicyclic amines) is 2. The monoisotopic (exact) mass is 384 g/mol. The van der Waals surface area contributed by atoms with Crippen molar-refractivity contribution in [1.82, 2.24) is 20.0 Å². The number of carbonyl (C=O) groups is 4. The summed E-state index contributed by atoms with van der Waals surface area (Å²) in [5.74, 6) is -0.768. The quantitative estimate of drug-likeness (QED) is 0.775. The average molecular weight is 384 g/mol. The molecule has 3 heterocycles. The van der Waals surface area contributed by atoms with Crippen molar-refractivity contribution in [3.05, 3.63) is 35.9 Å². The lowest BCUT2D eigenvalue weighted by atomic mass is 9.85. The van der Waals surface area contributed by atoms with Gasteiger partial charge in [0.2, 0.25) is 11.8 Å². The van der Waals surface area contributed by atoms with E-state index in [2.05, 4.69) is 5.32 Å². The molecule has 8 nitrogen and oxygen atoms in total. The fraction of sp³-hybridized carbons (Fsp3) is 0.500. The van der Waals surface area contributed by atoms with E-state index in [-0.39, 0.29) is 24.9 Å². The fourth-order valence-corrected chi connectivity index (χ4v) is 4.58. The van der Waals surface area contributed by atoms with Gasteiger partial charge < -0.3 is 15.1 Å². The van der Waals surface area contributed by atoms with Gasteiger partial charge in [-0.3, -0.25) is 19.3 Å². The van der Waals surface area contributed by atoms with Gasteiger partial charge in [0, 0.05) is 19.6 Å². The smallest absolute Gasteiger partial charge is 0.325 e. The van der Waals surface area contributed by atoms with Crippen LogP contribution in [0.15, 0.2) is 30.3 Å². The van der Waals surface area contributed by atoms with Crippen LogP contribution >= 0.6 is 0 Å². The zero-order valence-electron chi connectivity index (χ0n) is 15.7. The van der Waals surface area contributed by atoms with Gasteiger partial charge >= 0.3 is 6.03 Å². The van der Waals surface area contributed by atoms with Crippen LogP contribution in [-0.2, 0) is 20.9 Å². The van der Waals surface area contributed by atoms with E-state index in [1.165, 1.54) is 0 Å². The standard InChI is InChI=1S/C20H24N4O4/c25-16-12-21-19(28)23(16)14-17(26)24-11-5-9-20(24)8-4-10-22(18(20)27)13-15-6-2-1-3-7-15/h1-3,6-7H,4-5,8-14H2,(H,21,28). The molecule has 1 N–H and O–H groups in total. The SMILES string of the molecule is O=C1CNC(=O)N1CC(=O)N1CCCC12CCCN(Cc1ccccc1)C2=O. The normalized spacial score (nSPS) is 25.0. The molecule has 1 atom stereocenters. The number of nitrogens with zero attached hydrogens (tertiary/aromatic N) is 3. The molecule has 1 unspecified atom stereocenters. The van der Waals surface area contributed by atoms with E-state index in [1.807, 2.05) is 35.2 Å². The fourth-order valence-electron chi connectivity index (χ4n) is 4.58. The van der Waals surface area contributed by atoms with Gasteiger partial charge in [0.05, 0.1) is 6.54 Å². The number of hydrogen-bond acceptors (Lipinski definition) is 4. The van der Waals surface area contributed by atoms with E-state index in [0.717, 1.165) is 23.3 Å². The average Bonchev–Trinajstić information content (AvgIpc) is 3.25. The Bertz CT molecular complexity index is 796. The molecule has 0 bridgehead atoms.